The normalized spacial score (nSPS) is 15.0. The number of aryl methyl sites for hydroxylation is 1. The van der Waals surface area contributed by atoms with Crippen LogP contribution in [0, 0.1) is 0 Å². The third-order valence-electron chi connectivity index (χ3n) is 3.48. The highest BCUT2D eigenvalue weighted by atomic mass is 127. The van der Waals surface area contributed by atoms with E-state index in [1.54, 1.807) is 0 Å². The molecule has 5 heteroatoms. The first-order valence-corrected chi connectivity index (χ1v) is 10.5. The van der Waals surface area contributed by atoms with Gasteiger partial charge in [-0.1, -0.05) is 53.8 Å². The molecule has 1 unspecified atom stereocenters. The Kier molecular flexibility index (Phi) is 7.84. The number of hydrogen-bond acceptors (Lipinski definition) is 3. The lowest BCUT2D eigenvalue weighted by Crippen LogP contribution is -2.59. The summed E-state index contributed by atoms with van der Waals surface area (Å²) in [7, 11) is -2.80. The standard InChI is InChI=1S/C16H27IO3Si/c1-6-14-10-12-15(13-11-14)16(5,17)21(18-7-2,19-8-3)20-9-4/h10-13H,6-9H2,1-5H3. The lowest BCUT2D eigenvalue weighted by Gasteiger charge is -2.39. The molecule has 0 radical (unpaired) electrons. The van der Waals surface area contributed by atoms with E-state index >= 15 is 0 Å². The minimum Gasteiger partial charge on any atom is -0.373 e. The predicted octanol–water partition coefficient (Wildman–Crippen LogP) is 4.49. The highest BCUT2D eigenvalue weighted by Crippen LogP contribution is 2.42. The van der Waals surface area contributed by atoms with Crippen molar-refractivity contribution in [1.82, 2.24) is 0 Å². The van der Waals surface area contributed by atoms with E-state index in [4.69, 9.17) is 13.3 Å². The average molecular weight is 422 g/mol. The zero-order chi connectivity index (χ0) is 15.9. The summed E-state index contributed by atoms with van der Waals surface area (Å²) in [6.45, 7) is 12.1. The molecule has 0 fully saturated rings. The molecule has 1 aromatic carbocycles. The maximum Gasteiger partial charge on any atom is 0.522 e. The first-order chi connectivity index (χ1) is 9.97. The summed E-state index contributed by atoms with van der Waals surface area (Å²) >= 11 is 2.44. The van der Waals surface area contributed by atoms with Crippen LogP contribution in [0.3, 0.4) is 0 Å². The van der Waals surface area contributed by atoms with E-state index in [2.05, 4.69) is 60.7 Å². The van der Waals surface area contributed by atoms with Gasteiger partial charge in [0.15, 0.2) is 0 Å². The molecule has 0 aliphatic heterocycles. The second kappa shape index (κ2) is 8.62. The van der Waals surface area contributed by atoms with Crippen LogP contribution in [0.15, 0.2) is 24.3 Å². The van der Waals surface area contributed by atoms with Gasteiger partial charge in [-0.15, -0.1) is 0 Å². The second-order valence-electron chi connectivity index (χ2n) is 4.91. The number of alkyl halides is 1. The van der Waals surface area contributed by atoms with Gasteiger partial charge in [0.25, 0.3) is 0 Å². The highest BCUT2D eigenvalue weighted by Gasteiger charge is 2.58. The van der Waals surface area contributed by atoms with Gasteiger partial charge in [0.1, 0.15) is 3.04 Å². The lowest BCUT2D eigenvalue weighted by atomic mass is 10.1. The minimum atomic E-state index is -2.80. The Bertz CT molecular complexity index is 403. The van der Waals surface area contributed by atoms with Gasteiger partial charge < -0.3 is 13.3 Å². The third kappa shape index (κ3) is 4.28. The van der Waals surface area contributed by atoms with Crippen molar-refractivity contribution in [3.05, 3.63) is 35.4 Å². The Hall–Kier alpha value is 0.0469. The molecule has 0 aromatic heterocycles. The molecule has 120 valence electrons. The van der Waals surface area contributed by atoms with Gasteiger partial charge in [-0.05, 0) is 45.2 Å². The molecule has 1 aromatic rings. The van der Waals surface area contributed by atoms with Crippen LogP contribution in [0.2, 0.25) is 0 Å². The molecule has 0 saturated carbocycles. The molecule has 0 spiro atoms. The quantitative estimate of drug-likeness (QED) is 0.334. The van der Waals surface area contributed by atoms with Crippen LogP contribution in [0.4, 0.5) is 0 Å². The number of halogens is 1. The Balaban J connectivity index is 3.22. The summed E-state index contributed by atoms with van der Waals surface area (Å²) in [6, 6.07) is 8.69. The topological polar surface area (TPSA) is 27.7 Å². The second-order valence-corrected chi connectivity index (χ2v) is 11.1. The molecule has 1 atom stereocenters. The Morgan fingerprint density at radius 1 is 0.905 bits per heavy atom. The smallest absolute Gasteiger partial charge is 0.373 e. The van der Waals surface area contributed by atoms with Crippen LogP contribution in [0.5, 0.6) is 0 Å². The van der Waals surface area contributed by atoms with Gasteiger partial charge in [0.05, 0.1) is 0 Å². The minimum absolute atomic E-state index is 0.306. The molecule has 0 saturated heterocycles. The summed E-state index contributed by atoms with van der Waals surface area (Å²) in [5.41, 5.74) is 2.53. The molecule has 0 N–H and O–H groups in total. The fourth-order valence-corrected chi connectivity index (χ4v) is 6.82. The molecule has 0 bridgehead atoms. The molecule has 0 amide bonds. The van der Waals surface area contributed by atoms with Crippen molar-refractivity contribution in [2.24, 2.45) is 0 Å². The van der Waals surface area contributed by atoms with Crippen LogP contribution >= 0.6 is 22.6 Å². The average Bonchev–Trinajstić information content (AvgIpc) is 2.48. The van der Waals surface area contributed by atoms with Crippen molar-refractivity contribution in [3.8, 4) is 0 Å². The van der Waals surface area contributed by atoms with E-state index in [-0.39, 0.29) is 3.04 Å². The first kappa shape index (κ1) is 19.1. The molecular weight excluding hydrogens is 395 g/mol. The van der Waals surface area contributed by atoms with Gasteiger partial charge in [-0.2, -0.15) is 0 Å². The Labute approximate surface area is 143 Å². The van der Waals surface area contributed by atoms with Crippen molar-refractivity contribution >= 4 is 31.4 Å². The van der Waals surface area contributed by atoms with Gasteiger partial charge in [0.2, 0.25) is 0 Å². The number of benzene rings is 1. The van der Waals surface area contributed by atoms with Gasteiger partial charge >= 0.3 is 8.80 Å². The molecule has 21 heavy (non-hydrogen) atoms. The van der Waals surface area contributed by atoms with Crippen molar-refractivity contribution in [2.75, 3.05) is 19.8 Å². The summed E-state index contributed by atoms with van der Waals surface area (Å²) in [4.78, 5) is 0. The van der Waals surface area contributed by atoms with Crippen molar-refractivity contribution < 1.29 is 13.3 Å². The largest absolute Gasteiger partial charge is 0.522 e. The van der Waals surface area contributed by atoms with Gasteiger partial charge in [0, 0.05) is 19.8 Å². The maximum atomic E-state index is 6.07. The number of rotatable bonds is 9. The van der Waals surface area contributed by atoms with Crippen LogP contribution in [-0.2, 0) is 22.7 Å². The molecular formula is C16H27IO3Si. The van der Waals surface area contributed by atoms with E-state index in [9.17, 15) is 0 Å². The zero-order valence-corrected chi connectivity index (χ0v) is 16.9. The molecule has 3 nitrogen and oxygen atoms in total. The van der Waals surface area contributed by atoms with Crippen molar-refractivity contribution in [1.29, 1.82) is 0 Å². The van der Waals surface area contributed by atoms with E-state index in [0.29, 0.717) is 19.8 Å². The van der Waals surface area contributed by atoms with Crippen LogP contribution in [0.1, 0.15) is 45.7 Å². The Morgan fingerprint density at radius 2 is 1.33 bits per heavy atom. The third-order valence-corrected chi connectivity index (χ3v) is 9.53. The van der Waals surface area contributed by atoms with Gasteiger partial charge in [-0.25, -0.2) is 0 Å². The zero-order valence-electron chi connectivity index (χ0n) is 13.7. The highest BCUT2D eigenvalue weighted by molar-refractivity contribution is 14.1. The lowest BCUT2D eigenvalue weighted by molar-refractivity contribution is 0.0612. The SMILES string of the molecule is CCO[Si](OCC)(OCC)C(C)(I)c1ccc(CC)cc1. The fourth-order valence-electron chi connectivity index (χ4n) is 2.33. The molecule has 1 rings (SSSR count). The summed E-state index contributed by atoms with van der Waals surface area (Å²) in [5.74, 6) is 0. The monoisotopic (exact) mass is 422 g/mol. The summed E-state index contributed by atoms with van der Waals surface area (Å²) < 4.78 is 17.9. The predicted molar refractivity (Wildman–Crippen MR) is 97.8 cm³/mol. The van der Waals surface area contributed by atoms with E-state index in [0.717, 1.165) is 6.42 Å². The van der Waals surface area contributed by atoms with Crippen LogP contribution in [0.25, 0.3) is 0 Å². The van der Waals surface area contributed by atoms with E-state index in [1.807, 2.05) is 20.8 Å². The Morgan fingerprint density at radius 3 is 1.67 bits per heavy atom. The maximum absolute atomic E-state index is 6.07. The van der Waals surface area contributed by atoms with Crippen molar-refractivity contribution in [3.63, 3.8) is 0 Å². The van der Waals surface area contributed by atoms with Gasteiger partial charge in [-0.3, -0.25) is 0 Å². The molecule has 0 heterocycles. The van der Waals surface area contributed by atoms with Crippen LogP contribution < -0.4 is 0 Å². The van der Waals surface area contributed by atoms with E-state index < -0.39 is 8.80 Å². The fraction of sp³-hybridized carbons (Fsp3) is 0.625. The summed E-state index contributed by atoms with van der Waals surface area (Å²) in [5, 5.41) is 0. The first-order valence-electron chi connectivity index (χ1n) is 7.67. The van der Waals surface area contributed by atoms with E-state index in [1.165, 1.54) is 11.1 Å². The number of hydrogen-bond donors (Lipinski definition) is 0. The molecule has 0 aliphatic rings. The molecule has 0 aliphatic carbocycles. The summed E-state index contributed by atoms with van der Waals surface area (Å²) in [6.07, 6.45) is 1.04. The van der Waals surface area contributed by atoms with Crippen molar-refractivity contribution in [2.45, 2.75) is 44.1 Å². The van der Waals surface area contributed by atoms with Crippen LogP contribution in [-0.4, -0.2) is 28.6 Å².